The van der Waals surface area contributed by atoms with E-state index in [1.807, 2.05) is 6.07 Å². The molecule has 3 nitrogen and oxygen atoms in total. The van der Waals surface area contributed by atoms with Crippen LogP contribution in [0.15, 0.2) is 12.1 Å². The Balaban J connectivity index is 0.00000162. The Morgan fingerprint density at radius 1 is 1.50 bits per heavy atom. The number of carbonyl (C=O) groups is 1. The lowest BCUT2D eigenvalue weighted by atomic mass is 9.82. The fourth-order valence-electron chi connectivity index (χ4n) is 2.78. The van der Waals surface area contributed by atoms with Crippen LogP contribution in [0.5, 0.6) is 0 Å². The van der Waals surface area contributed by atoms with Gasteiger partial charge in [-0.2, -0.15) is 0 Å². The molecule has 1 unspecified atom stereocenters. The van der Waals surface area contributed by atoms with Crippen LogP contribution < -0.4 is 5.73 Å². The molecule has 2 rings (SSSR count). The largest absolute Gasteiger partial charge is 0.481 e. The van der Waals surface area contributed by atoms with Gasteiger partial charge in [0.1, 0.15) is 0 Å². The maximum Gasteiger partial charge on any atom is 0.307 e. The number of rotatable bonds is 3. The minimum absolute atomic E-state index is 0. The van der Waals surface area contributed by atoms with Crippen LogP contribution in [-0.2, 0) is 30.5 Å². The molecule has 0 saturated carbocycles. The first-order valence-corrected chi connectivity index (χ1v) is 6.21. The van der Waals surface area contributed by atoms with E-state index in [1.165, 1.54) is 16.7 Å². The summed E-state index contributed by atoms with van der Waals surface area (Å²) in [6.45, 7) is 2.09. The maximum absolute atomic E-state index is 10.8. The minimum Gasteiger partial charge on any atom is -0.481 e. The summed E-state index contributed by atoms with van der Waals surface area (Å²) in [6, 6.07) is 4.29. The second kappa shape index (κ2) is 6.21. The zero-order chi connectivity index (χ0) is 12.4. The summed E-state index contributed by atoms with van der Waals surface area (Å²) in [6.07, 6.45) is 3.96. The smallest absolute Gasteiger partial charge is 0.307 e. The Hall–Kier alpha value is -1.06. The molecule has 0 aliphatic heterocycles. The molecular formula is C14H20ClNO2. The van der Waals surface area contributed by atoms with Crippen molar-refractivity contribution in [1.29, 1.82) is 0 Å². The molecule has 0 saturated heterocycles. The quantitative estimate of drug-likeness (QED) is 0.883. The van der Waals surface area contributed by atoms with E-state index in [1.54, 1.807) is 0 Å². The second-order valence-corrected chi connectivity index (χ2v) is 4.77. The molecule has 1 aromatic carbocycles. The summed E-state index contributed by atoms with van der Waals surface area (Å²) in [4.78, 5) is 10.8. The van der Waals surface area contributed by atoms with Gasteiger partial charge in [-0.05, 0) is 47.9 Å². The Bertz CT molecular complexity index is 446. The van der Waals surface area contributed by atoms with Crippen LogP contribution in [-0.4, -0.2) is 17.1 Å². The van der Waals surface area contributed by atoms with Crippen LogP contribution in [0.25, 0.3) is 0 Å². The molecule has 1 atom stereocenters. The van der Waals surface area contributed by atoms with Gasteiger partial charge in [-0.15, -0.1) is 12.4 Å². The van der Waals surface area contributed by atoms with Crippen molar-refractivity contribution in [3.05, 3.63) is 34.4 Å². The molecule has 1 aliphatic carbocycles. The number of hydrogen-bond donors (Lipinski definition) is 2. The summed E-state index contributed by atoms with van der Waals surface area (Å²) in [5.41, 5.74) is 10.8. The van der Waals surface area contributed by atoms with Gasteiger partial charge in [0.15, 0.2) is 0 Å². The summed E-state index contributed by atoms with van der Waals surface area (Å²) in [5.74, 6) is -0.757. The zero-order valence-corrected chi connectivity index (χ0v) is 11.4. The Kier molecular flexibility index (Phi) is 5.17. The number of carboxylic acid groups (broad SMARTS) is 1. The van der Waals surface area contributed by atoms with E-state index < -0.39 is 5.97 Å². The summed E-state index contributed by atoms with van der Waals surface area (Å²) in [7, 11) is 0. The topological polar surface area (TPSA) is 63.3 Å². The molecule has 3 N–H and O–H groups in total. The SMILES string of the molecule is CCc1c(CC(=O)O)ccc2c1CCC(N)C2.Cl. The van der Waals surface area contributed by atoms with Gasteiger partial charge in [-0.3, -0.25) is 4.79 Å². The van der Waals surface area contributed by atoms with Crippen LogP contribution in [0.1, 0.15) is 35.6 Å². The lowest BCUT2D eigenvalue weighted by Gasteiger charge is -2.25. The molecule has 0 aromatic heterocycles. The molecular weight excluding hydrogens is 250 g/mol. The lowest BCUT2D eigenvalue weighted by molar-refractivity contribution is -0.136. The van der Waals surface area contributed by atoms with Crippen LogP contribution in [0.3, 0.4) is 0 Å². The molecule has 0 radical (unpaired) electrons. The van der Waals surface area contributed by atoms with Gasteiger partial charge in [0.2, 0.25) is 0 Å². The summed E-state index contributed by atoms with van der Waals surface area (Å²) in [5, 5.41) is 8.91. The van der Waals surface area contributed by atoms with Gasteiger partial charge in [0, 0.05) is 6.04 Å². The van der Waals surface area contributed by atoms with Gasteiger partial charge in [0.05, 0.1) is 6.42 Å². The zero-order valence-electron chi connectivity index (χ0n) is 10.6. The van der Waals surface area contributed by atoms with E-state index in [9.17, 15) is 4.79 Å². The molecule has 4 heteroatoms. The van der Waals surface area contributed by atoms with E-state index in [4.69, 9.17) is 10.8 Å². The second-order valence-electron chi connectivity index (χ2n) is 4.77. The van der Waals surface area contributed by atoms with Crippen LogP contribution >= 0.6 is 12.4 Å². The van der Waals surface area contributed by atoms with E-state index in [2.05, 4.69) is 13.0 Å². The van der Waals surface area contributed by atoms with Gasteiger partial charge in [-0.1, -0.05) is 19.1 Å². The van der Waals surface area contributed by atoms with E-state index in [0.717, 1.165) is 31.2 Å². The lowest BCUT2D eigenvalue weighted by Crippen LogP contribution is -2.28. The third-order valence-electron chi connectivity index (χ3n) is 3.57. The average molecular weight is 270 g/mol. The van der Waals surface area contributed by atoms with Crippen molar-refractivity contribution in [1.82, 2.24) is 0 Å². The normalized spacial score (nSPS) is 17.8. The molecule has 0 fully saturated rings. The highest BCUT2D eigenvalue weighted by molar-refractivity contribution is 5.85. The van der Waals surface area contributed by atoms with Gasteiger partial charge >= 0.3 is 5.97 Å². The van der Waals surface area contributed by atoms with Crippen molar-refractivity contribution in [3.63, 3.8) is 0 Å². The first-order chi connectivity index (χ1) is 8.11. The first-order valence-electron chi connectivity index (χ1n) is 6.21. The van der Waals surface area contributed by atoms with Crippen molar-refractivity contribution in [2.75, 3.05) is 0 Å². The standard InChI is InChI=1S/C14H19NO2.ClH/c1-2-12-10(8-14(16)17)4-3-9-7-11(15)5-6-13(9)12;/h3-4,11H,2,5-8,15H2,1H3,(H,16,17);1H. The van der Waals surface area contributed by atoms with Crippen molar-refractivity contribution in [3.8, 4) is 0 Å². The monoisotopic (exact) mass is 269 g/mol. The molecule has 0 heterocycles. The number of benzene rings is 1. The van der Waals surface area contributed by atoms with Crippen molar-refractivity contribution < 1.29 is 9.90 Å². The van der Waals surface area contributed by atoms with Crippen LogP contribution in [0, 0.1) is 0 Å². The van der Waals surface area contributed by atoms with Crippen LogP contribution in [0.4, 0.5) is 0 Å². The minimum atomic E-state index is -0.757. The molecule has 0 amide bonds. The predicted octanol–water partition coefficient (Wildman–Crippen LogP) is 2.11. The van der Waals surface area contributed by atoms with Crippen molar-refractivity contribution in [2.45, 2.75) is 45.1 Å². The van der Waals surface area contributed by atoms with Crippen molar-refractivity contribution >= 4 is 18.4 Å². The van der Waals surface area contributed by atoms with Crippen LogP contribution in [0.2, 0.25) is 0 Å². The fourth-order valence-corrected chi connectivity index (χ4v) is 2.78. The highest BCUT2D eigenvalue weighted by atomic mass is 35.5. The Morgan fingerprint density at radius 2 is 2.22 bits per heavy atom. The van der Waals surface area contributed by atoms with Gasteiger partial charge < -0.3 is 10.8 Å². The average Bonchev–Trinajstić information content (AvgIpc) is 2.28. The number of halogens is 1. The third-order valence-corrected chi connectivity index (χ3v) is 3.57. The number of aliphatic carboxylic acids is 1. The number of nitrogens with two attached hydrogens (primary N) is 1. The van der Waals surface area contributed by atoms with Gasteiger partial charge in [-0.25, -0.2) is 0 Å². The Morgan fingerprint density at radius 3 is 2.83 bits per heavy atom. The van der Waals surface area contributed by atoms with Crippen molar-refractivity contribution in [2.24, 2.45) is 5.73 Å². The molecule has 18 heavy (non-hydrogen) atoms. The van der Waals surface area contributed by atoms with E-state index in [0.29, 0.717) is 0 Å². The number of carboxylic acids is 1. The highest BCUT2D eigenvalue weighted by Gasteiger charge is 2.20. The fraction of sp³-hybridized carbons (Fsp3) is 0.500. The Labute approximate surface area is 114 Å². The first kappa shape index (κ1) is 15.0. The highest BCUT2D eigenvalue weighted by Crippen LogP contribution is 2.27. The van der Waals surface area contributed by atoms with E-state index >= 15 is 0 Å². The number of hydrogen-bond acceptors (Lipinski definition) is 2. The molecule has 0 bridgehead atoms. The third kappa shape index (κ3) is 3.03. The molecule has 0 spiro atoms. The predicted molar refractivity (Wildman–Crippen MR) is 74.4 cm³/mol. The molecule has 100 valence electrons. The summed E-state index contributed by atoms with van der Waals surface area (Å²) < 4.78 is 0. The summed E-state index contributed by atoms with van der Waals surface area (Å²) >= 11 is 0. The maximum atomic E-state index is 10.8. The van der Waals surface area contributed by atoms with Gasteiger partial charge in [0.25, 0.3) is 0 Å². The van der Waals surface area contributed by atoms with E-state index in [-0.39, 0.29) is 24.9 Å². The molecule has 1 aromatic rings. The molecule has 1 aliphatic rings. The number of fused-ring (bicyclic) bond motifs is 1.